The van der Waals surface area contributed by atoms with Crippen LogP contribution in [0.2, 0.25) is 0 Å². The van der Waals surface area contributed by atoms with E-state index in [4.69, 9.17) is 4.74 Å². The number of nitrogens with zero attached hydrogens (tertiary/aromatic N) is 2. The predicted octanol–water partition coefficient (Wildman–Crippen LogP) is -0.442. The van der Waals surface area contributed by atoms with Crippen molar-refractivity contribution in [3.05, 3.63) is 23.3 Å². The van der Waals surface area contributed by atoms with E-state index in [1.165, 1.54) is 7.11 Å². The van der Waals surface area contributed by atoms with Crippen LogP contribution in [0.3, 0.4) is 0 Å². The van der Waals surface area contributed by atoms with Crippen LogP contribution in [0.4, 0.5) is 0 Å². The number of aryl methyl sites for hydroxylation is 2. The fraction of sp³-hybridized carbons (Fsp3) is 0.533. The molecule has 0 radical (unpaired) electrons. The summed E-state index contributed by atoms with van der Waals surface area (Å²) in [6.45, 7) is 5.21. The van der Waals surface area contributed by atoms with Gasteiger partial charge in [-0.2, -0.15) is 0 Å². The van der Waals surface area contributed by atoms with Crippen molar-refractivity contribution in [1.29, 1.82) is 0 Å². The SMILES string of the molecule is COC(=O)[C@@]1(C)N[C@@H](c2nc(C)cc(C)n2)[C@H]2C(=O)NC(=O)[C@H]21. The van der Waals surface area contributed by atoms with Gasteiger partial charge in [-0.25, -0.2) is 9.97 Å². The number of imide groups is 1. The average molecular weight is 318 g/mol. The van der Waals surface area contributed by atoms with Crippen molar-refractivity contribution in [2.45, 2.75) is 32.4 Å². The van der Waals surface area contributed by atoms with E-state index in [-0.39, 0.29) is 0 Å². The molecule has 1 aromatic rings. The summed E-state index contributed by atoms with van der Waals surface area (Å²) in [5, 5.41) is 5.37. The van der Waals surface area contributed by atoms with Crippen LogP contribution in [0.5, 0.6) is 0 Å². The highest BCUT2D eigenvalue weighted by Gasteiger charge is 2.65. The molecule has 0 bridgehead atoms. The maximum Gasteiger partial charge on any atom is 0.326 e. The van der Waals surface area contributed by atoms with Crippen LogP contribution in [-0.4, -0.2) is 40.4 Å². The number of amides is 2. The van der Waals surface area contributed by atoms with Crippen LogP contribution >= 0.6 is 0 Å². The first-order valence-corrected chi connectivity index (χ1v) is 7.31. The molecule has 0 aliphatic carbocycles. The number of hydrogen-bond acceptors (Lipinski definition) is 7. The zero-order valence-electron chi connectivity index (χ0n) is 13.3. The number of carbonyl (C=O) groups excluding carboxylic acids is 3. The monoisotopic (exact) mass is 318 g/mol. The van der Waals surface area contributed by atoms with Gasteiger partial charge in [0.25, 0.3) is 0 Å². The summed E-state index contributed by atoms with van der Waals surface area (Å²) in [6.07, 6.45) is 0. The quantitative estimate of drug-likeness (QED) is 0.562. The first kappa shape index (κ1) is 15.5. The van der Waals surface area contributed by atoms with Gasteiger partial charge in [0.2, 0.25) is 11.8 Å². The lowest BCUT2D eigenvalue weighted by atomic mass is 9.81. The summed E-state index contributed by atoms with van der Waals surface area (Å²) >= 11 is 0. The Hall–Kier alpha value is -2.35. The van der Waals surface area contributed by atoms with Gasteiger partial charge in [0, 0.05) is 11.4 Å². The fourth-order valence-corrected chi connectivity index (χ4v) is 3.58. The lowest BCUT2D eigenvalue weighted by molar-refractivity contribution is -0.151. The standard InChI is InChI=1S/C15H18N4O4/c1-6-5-7(2)17-11(16-6)10-8-9(13(21)18-12(8)20)15(3,19-10)14(22)23-4/h5,8-10,19H,1-4H3,(H,18,20,21)/t8-,9-,10+,15-/m0/s1. The molecule has 2 fully saturated rings. The van der Waals surface area contributed by atoms with E-state index in [9.17, 15) is 14.4 Å². The Bertz CT molecular complexity index is 699. The topological polar surface area (TPSA) is 110 Å². The lowest BCUT2D eigenvalue weighted by Crippen LogP contribution is -2.53. The van der Waals surface area contributed by atoms with Crippen LogP contribution in [0.25, 0.3) is 0 Å². The van der Waals surface area contributed by atoms with Crippen LogP contribution < -0.4 is 10.6 Å². The maximum atomic E-state index is 12.2. The Kier molecular flexibility index (Phi) is 3.44. The minimum atomic E-state index is -1.30. The van der Waals surface area contributed by atoms with Crippen molar-refractivity contribution in [2.24, 2.45) is 11.8 Å². The van der Waals surface area contributed by atoms with E-state index < -0.39 is 41.2 Å². The van der Waals surface area contributed by atoms with Crippen molar-refractivity contribution in [2.75, 3.05) is 7.11 Å². The van der Waals surface area contributed by atoms with E-state index in [0.29, 0.717) is 5.82 Å². The first-order chi connectivity index (χ1) is 10.8. The van der Waals surface area contributed by atoms with E-state index in [2.05, 4.69) is 20.6 Å². The molecule has 8 heteroatoms. The molecule has 1 aromatic heterocycles. The molecule has 8 nitrogen and oxygen atoms in total. The summed E-state index contributed by atoms with van der Waals surface area (Å²) in [5.41, 5.74) is 0.200. The van der Waals surface area contributed by atoms with Crippen LogP contribution in [0.1, 0.15) is 30.2 Å². The zero-order chi connectivity index (χ0) is 16.9. The third-order valence-electron chi connectivity index (χ3n) is 4.51. The second kappa shape index (κ2) is 5.09. The van der Waals surface area contributed by atoms with Gasteiger partial charge in [-0.1, -0.05) is 0 Å². The van der Waals surface area contributed by atoms with E-state index >= 15 is 0 Å². The van der Waals surface area contributed by atoms with Gasteiger partial charge in [0.05, 0.1) is 25.0 Å². The van der Waals surface area contributed by atoms with Gasteiger partial charge in [-0.3, -0.25) is 25.0 Å². The van der Waals surface area contributed by atoms with Gasteiger partial charge in [-0.05, 0) is 26.8 Å². The summed E-state index contributed by atoms with van der Waals surface area (Å²) < 4.78 is 4.83. The molecule has 0 aromatic carbocycles. The average Bonchev–Trinajstić information content (AvgIpc) is 2.95. The van der Waals surface area contributed by atoms with Gasteiger partial charge >= 0.3 is 5.97 Å². The van der Waals surface area contributed by atoms with Gasteiger partial charge < -0.3 is 4.74 Å². The number of nitrogens with one attached hydrogen (secondary N) is 2. The van der Waals surface area contributed by atoms with Crippen LogP contribution in [-0.2, 0) is 19.1 Å². The minimum Gasteiger partial charge on any atom is -0.468 e. The molecule has 3 rings (SSSR count). The molecule has 122 valence electrons. The molecule has 0 unspecified atom stereocenters. The number of esters is 1. The number of rotatable bonds is 2. The summed E-state index contributed by atoms with van der Waals surface area (Å²) in [6, 6.07) is 1.18. The molecule has 0 spiro atoms. The van der Waals surface area contributed by atoms with E-state index in [1.807, 2.05) is 19.9 Å². The van der Waals surface area contributed by atoms with Crippen molar-refractivity contribution in [3.8, 4) is 0 Å². The number of methoxy groups -OCH3 is 1. The lowest BCUT2D eigenvalue weighted by Gasteiger charge is -2.26. The Labute approximate surface area is 133 Å². The molecule has 2 aliphatic heterocycles. The number of fused-ring (bicyclic) bond motifs is 1. The summed E-state index contributed by atoms with van der Waals surface area (Å²) in [4.78, 5) is 45.4. The van der Waals surface area contributed by atoms with E-state index in [0.717, 1.165) is 11.4 Å². The highest BCUT2D eigenvalue weighted by Crippen LogP contribution is 2.45. The molecule has 2 amide bonds. The van der Waals surface area contributed by atoms with Crippen molar-refractivity contribution < 1.29 is 19.1 Å². The molecule has 2 saturated heterocycles. The Morgan fingerprint density at radius 3 is 2.39 bits per heavy atom. The van der Waals surface area contributed by atoms with Gasteiger partial charge in [0.1, 0.15) is 11.4 Å². The normalized spacial score (nSPS) is 32.6. The molecule has 0 saturated carbocycles. The first-order valence-electron chi connectivity index (χ1n) is 7.31. The minimum absolute atomic E-state index is 0.398. The molecule has 4 atom stereocenters. The number of aromatic nitrogens is 2. The van der Waals surface area contributed by atoms with Gasteiger partial charge in [0.15, 0.2) is 0 Å². The molecular formula is C15H18N4O4. The van der Waals surface area contributed by atoms with Crippen molar-refractivity contribution >= 4 is 17.8 Å². The van der Waals surface area contributed by atoms with Crippen molar-refractivity contribution in [1.82, 2.24) is 20.6 Å². The third-order valence-corrected chi connectivity index (χ3v) is 4.51. The van der Waals surface area contributed by atoms with Crippen LogP contribution in [0, 0.1) is 25.7 Å². The molecule has 2 aliphatic rings. The van der Waals surface area contributed by atoms with E-state index in [1.54, 1.807) is 6.92 Å². The second-order valence-electron chi connectivity index (χ2n) is 6.18. The largest absolute Gasteiger partial charge is 0.468 e. The molecule has 2 N–H and O–H groups in total. The Balaban J connectivity index is 2.10. The number of ether oxygens (including phenoxy) is 1. The van der Waals surface area contributed by atoms with Gasteiger partial charge in [-0.15, -0.1) is 0 Å². The zero-order valence-corrected chi connectivity index (χ0v) is 13.3. The number of carbonyl (C=O) groups is 3. The Morgan fingerprint density at radius 2 is 1.83 bits per heavy atom. The Morgan fingerprint density at radius 1 is 1.22 bits per heavy atom. The second-order valence-corrected chi connectivity index (χ2v) is 6.18. The maximum absolute atomic E-state index is 12.2. The fourth-order valence-electron chi connectivity index (χ4n) is 3.58. The molecular weight excluding hydrogens is 300 g/mol. The summed E-state index contributed by atoms with van der Waals surface area (Å²) in [7, 11) is 1.25. The van der Waals surface area contributed by atoms with Crippen molar-refractivity contribution in [3.63, 3.8) is 0 Å². The highest BCUT2D eigenvalue weighted by molar-refractivity contribution is 6.09. The third kappa shape index (κ3) is 2.21. The molecule has 23 heavy (non-hydrogen) atoms. The molecule has 3 heterocycles. The smallest absolute Gasteiger partial charge is 0.326 e. The predicted molar refractivity (Wildman–Crippen MR) is 77.9 cm³/mol. The highest BCUT2D eigenvalue weighted by atomic mass is 16.5. The van der Waals surface area contributed by atoms with Crippen LogP contribution in [0.15, 0.2) is 6.07 Å². The number of hydrogen-bond donors (Lipinski definition) is 2. The summed E-state index contributed by atoms with van der Waals surface area (Å²) in [5.74, 6) is -2.69.